The van der Waals surface area contributed by atoms with E-state index in [1.165, 1.54) is 0 Å². The predicted octanol–water partition coefficient (Wildman–Crippen LogP) is 2.77. The van der Waals surface area contributed by atoms with Crippen molar-refractivity contribution in [2.24, 2.45) is 5.73 Å². The number of nitrogens with two attached hydrogens (primary N) is 1. The molecular weight excluding hydrogens is 288 g/mol. The van der Waals surface area contributed by atoms with Crippen molar-refractivity contribution in [1.29, 1.82) is 0 Å². The van der Waals surface area contributed by atoms with E-state index in [9.17, 15) is 4.79 Å². The number of halogens is 1. The molecule has 3 N–H and O–H groups in total. The molecule has 1 amide bonds. The minimum atomic E-state index is -0.109. The maximum Gasteiger partial charge on any atom is 0.257 e. The van der Waals surface area contributed by atoms with Crippen molar-refractivity contribution >= 4 is 18.3 Å². The molecule has 1 atom stereocenters. The fourth-order valence-electron chi connectivity index (χ4n) is 1.88. The largest absolute Gasteiger partial charge is 0.483 e. The summed E-state index contributed by atoms with van der Waals surface area (Å²) in [7, 11) is 0. The number of ether oxygens (including phenoxy) is 1. The Morgan fingerprint density at radius 3 is 2.57 bits per heavy atom. The Labute approximate surface area is 133 Å². The molecule has 0 spiro atoms. The standard InChI is InChI=1S/C16H26N2O2.ClH/c1-11(2)14-6-5-12(3)9-15(14)20-10-16(19)18-8-7-13(4)17;/h5-6,9,11,13H,7-8,10,17H2,1-4H3,(H,18,19);1H. The second kappa shape index (κ2) is 9.64. The lowest BCUT2D eigenvalue weighted by Gasteiger charge is -2.15. The Kier molecular flexibility index (Phi) is 9.06. The molecule has 4 nitrogen and oxygen atoms in total. The SMILES string of the molecule is Cc1ccc(C(C)C)c(OCC(=O)NCCC(C)N)c1.Cl. The lowest BCUT2D eigenvalue weighted by molar-refractivity contribution is -0.123. The summed E-state index contributed by atoms with van der Waals surface area (Å²) in [6, 6.07) is 6.19. The topological polar surface area (TPSA) is 64.3 Å². The molecular formula is C16H27ClN2O2. The number of amides is 1. The Morgan fingerprint density at radius 2 is 2.00 bits per heavy atom. The number of rotatable bonds is 7. The monoisotopic (exact) mass is 314 g/mol. The van der Waals surface area contributed by atoms with Crippen molar-refractivity contribution in [2.75, 3.05) is 13.2 Å². The van der Waals surface area contributed by atoms with Crippen LogP contribution >= 0.6 is 12.4 Å². The Hall–Kier alpha value is -1.26. The first-order valence-electron chi connectivity index (χ1n) is 7.15. The van der Waals surface area contributed by atoms with Crippen molar-refractivity contribution in [2.45, 2.75) is 46.1 Å². The van der Waals surface area contributed by atoms with Gasteiger partial charge in [0.2, 0.25) is 0 Å². The van der Waals surface area contributed by atoms with Gasteiger partial charge in [0.05, 0.1) is 0 Å². The van der Waals surface area contributed by atoms with Crippen LogP contribution in [0.4, 0.5) is 0 Å². The van der Waals surface area contributed by atoms with Gasteiger partial charge in [-0.15, -0.1) is 12.4 Å². The maximum atomic E-state index is 11.7. The molecule has 1 aromatic rings. The second-order valence-electron chi connectivity index (χ2n) is 5.60. The third-order valence-electron chi connectivity index (χ3n) is 3.07. The fourth-order valence-corrected chi connectivity index (χ4v) is 1.88. The minimum Gasteiger partial charge on any atom is -0.483 e. The smallest absolute Gasteiger partial charge is 0.257 e. The molecule has 5 heteroatoms. The van der Waals surface area contributed by atoms with Gasteiger partial charge in [0.1, 0.15) is 5.75 Å². The van der Waals surface area contributed by atoms with Gasteiger partial charge >= 0.3 is 0 Å². The zero-order valence-corrected chi connectivity index (χ0v) is 14.1. The summed E-state index contributed by atoms with van der Waals surface area (Å²) in [5, 5.41) is 2.80. The van der Waals surface area contributed by atoms with Gasteiger partial charge < -0.3 is 15.8 Å². The van der Waals surface area contributed by atoms with E-state index in [-0.39, 0.29) is 31.0 Å². The molecule has 1 aromatic carbocycles. The summed E-state index contributed by atoms with van der Waals surface area (Å²) >= 11 is 0. The maximum absolute atomic E-state index is 11.7. The molecule has 0 saturated carbocycles. The Balaban J connectivity index is 0.00000400. The first kappa shape index (κ1) is 19.7. The average molecular weight is 315 g/mol. The summed E-state index contributed by atoms with van der Waals surface area (Å²) in [5.74, 6) is 1.05. The normalized spacial score (nSPS) is 11.7. The van der Waals surface area contributed by atoms with E-state index in [0.29, 0.717) is 12.5 Å². The summed E-state index contributed by atoms with van der Waals surface area (Å²) in [5.41, 5.74) is 7.88. The van der Waals surface area contributed by atoms with Crippen molar-refractivity contribution in [3.05, 3.63) is 29.3 Å². The summed E-state index contributed by atoms with van der Waals surface area (Å²) < 4.78 is 5.66. The number of aryl methyl sites for hydroxylation is 1. The van der Waals surface area contributed by atoms with Crippen LogP contribution in [0.1, 0.15) is 44.2 Å². The second-order valence-corrected chi connectivity index (χ2v) is 5.60. The van der Waals surface area contributed by atoms with Crippen molar-refractivity contribution < 1.29 is 9.53 Å². The van der Waals surface area contributed by atoms with Gasteiger partial charge in [-0.3, -0.25) is 4.79 Å². The van der Waals surface area contributed by atoms with Gasteiger partial charge in [0, 0.05) is 12.6 Å². The Bertz CT molecular complexity index is 448. The molecule has 0 aliphatic carbocycles. The van der Waals surface area contributed by atoms with Crippen molar-refractivity contribution in [3.8, 4) is 5.75 Å². The zero-order chi connectivity index (χ0) is 15.1. The van der Waals surface area contributed by atoms with Crippen LogP contribution < -0.4 is 15.8 Å². The van der Waals surface area contributed by atoms with Crippen LogP contribution in [0.2, 0.25) is 0 Å². The molecule has 21 heavy (non-hydrogen) atoms. The molecule has 1 unspecified atom stereocenters. The van der Waals surface area contributed by atoms with E-state index in [4.69, 9.17) is 10.5 Å². The third-order valence-corrected chi connectivity index (χ3v) is 3.07. The fraction of sp³-hybridized carbons (Fsp3) is 0.562. The highest BCUT2D eigenvalue weighted by Crippen LogP contribution is 2.27. The van der Waals surface area contributed by atoms with Crippen molar-refractivity contribution in [1.82, 2.24) is 5.32 Å². The van der Waals surface area contributed by atoms with Crippen LogP contribution in [0.3, 0.4) is 0 Å². The van der Waals surface area contributed by atoms with Gasteiger partial charge in [-0.1, -0.05) is 26.0 Å². The van der Waals surface area contributed by atoms with E-state index >= 15 is 0 Å². The third kappa shape index (κ3) is 7.34. The van der Waals surface area contributed by atoms with Gasteiger partial charge in [-0.2, -0.15) is 0 Å². The summed E-state index contributed by atoms with van der Waals surface area (Å²) in [6.45, 7) is 8.79. The van der Waals surface area contributed by atoms with Crippen LogP contribution in [0.5, 0.6) is 5.75 Å². The molecule has 0 aliphatic heterocycles. The molecule has 0 bridgehead atoms. The Morgan fingerprint density at radius 1 is 1.33 bits per heavy atom. The molecule has 0 aliphatic rings. The van der Waals surface area contributed by atoms with Crippen LogP contribution in [-0.2, 0) is 4.79 Å². The van der Waals surface area contributed by atoms with Crippen LogP contribution in [-0.4, -0.2) is 25.1 Å². The van der Waals surface area contributed by atoms with Gasteiger partial charge in [-0.05, 0) is 43.4 Å². The van der Waals surface area contributed by atoms with Gasteiger partial charge in [0.25, 0.3) is 5.91 Å². The average Bonchev–Trinajstić information content (AvgIpc) is 2.35. The lowest BCUT2D eigenvalue weighted by Crippen LogP contribution is -2.32. The minimum absolute atomic E-state index is 0. The summed E-state index contributed by atoms with van der Waals surface area (Å²) in [6.07, 6.45) is 0.771. The van der Waals surface area contributed by atoms with Crippen LogP contribution in [0.15, 0.2) is 18.2 Å². The molecule has 120 valence electrons. The van der Waals surface area contributed by atoms with E-state index in [1.54, 1.807) is 0 Å². The van der Waals surface area contributed by atoms with E-state index in [0.717, 1.165) is 23.3 Å². The molecule has 0 aromatic heterocycles. The molecule has 0 heterocycles. The highest BCUT2D eigenvalue weighted by atomic mass is 35.5. The molecule has 0 radical (unpaired) electrons. The number of nitrogens with one attached hydrogen (secondary N) is 1. The first-order valence-corrected chi connectivity index (χ1v) is 7.15. The number of carbonyl (C=O) groups is 1. The highest BCUT2D eigenvalue weighted by molar-refractivity contribution is 5.85. The zero-order valence-electron chi connectivity index (χ0n) is 13.3. The van der Waals surface area contributed by atoms with Crippen molar-refractivity contribution in [3.63, 3.8) is 0 Å². The van der Waals surface area contributed by atoms with Gasteiger partial charge in [0.15, 0.2) is 6.61 Å². The van der Waals surface area contributed by atoms with Crippen LogP contribution in [0, 0.1) is 6.92 Å². The van der Waals surface area contributed by atoms with Crippen LogP contribution in [0.25, 0.3) is 0 Å². The summed E-state index contributed by atoms with van der Waals surface area (Å²) in [4.78, 5) is 11.7. The number of benzene rings is 1. The molecule has 0 saturated heterocycles. The van der Waals surface area contributed by atoms with E-state index in [1.807, 2.05) is 19.9 Å². The van der Waals surface area contributed by atoms with E-state index < -0.39 is 0 Å². The van der Waals surface area contributed by atoms with Gasteiger partial charge in [-0.25, -0.2) is 0 Å². The molecule has 1 rings (SSSR count). The quantitative estimate of drug-likeness (QED) is 0.813. The number of hydrogen-bond acceptors (Lipinski definition) is 3. The number of carbonyl (C=O) groups excluding carboxylic acids is 1. The first-order chi connectivity index (χ1) is 9.40. The predicted molar refractivity (Wildman–Crippen MR) is 89.3 cm³/mol. The number of hydrogen-bond donors (Lipinski definition) is 2. The lowest BCUT2D eigenvalue weighted by atomic mass is 10.0. The highest BCUT2D eigenvalue weighted by Gasteiger charge is 2.10. The molecule has 0 fully saturated rings. The van der Waals surface area contributed by atoms with E-state index in [2.05, 4.69) is 31.3 Å².